The van der Waals surface area contributed by atoms with Gasteiger partial charge >= 0.3 is 12.4 Å². The molecule has 0 aliphatic carbocycles. The summed E-state index contributed by atoms with van der Waals surface area (Å²) < 4.78 is 121. The number of hydrazine groups is 1. The smallest absolute Gasteiger partial charge is 0.403 e. The van der Waals surface area contributed by atoms with Crippen LogP contribution in [0.4, 0.5) is 36.4 Å². The summed E-state index contributed by atoms with van der Waals surface area (Å²) in [6.45, 7) is 0.293. The van der Waals surface area contributed by atoms with Crippen LogP contribution in [0.3, 0.4) is 0 Å². The fourth-order valence-corrected chi connectivity index (χ4v) is 5.55. The number of nitrogens with zero attached hydrogens (tertiary/aromatic N) is 3. The lowest BCUT2D eigenvalue weighted by Gasteiger charge is -2.25. The number of Topliss-reactive ketones (excluding diaryl/α,β-unsaturated/α-hetero) is 1. The molecule has 0 saturated carbocycles. The third-order valence-corrected chi connectivity index (χ3v) is 7.98. The molecule has 0 spiro atoms. The lowest BCUT2D eigenvalue weighted by molar-refractivity contribution is -0.141. The summed E-state index contributed by atoms with van der Waals surface area (Å²) >= 11 is 0. The molecule has 0 saturated heterocycles. The Kier molecular flexibility index (Phi) is 9.07. The quantitative estimate of drug-likeness (QED) is 0.0729. The van der Waals surface area contributed by atoms with Gasteiger partial charge in [-0.1, -0.05) is 18.2 Å². The Bertz CT molecular complexity index is 1980. The molecule has 1 aromatic heterocycles. The zero-order valence-electron chi connectivity index (χ0n) is 23.8. The van der Waals surface area contributed by atoms with Crippen LogP contribution in [0, 0.1) is 12.7 Å². The molecule has 0 aliphatic heterocycles. The number of benzene rings is 3. The van der Waals surface area contributed by atoms with E-state index in [0.717, 1.165) is 41.2 Å². The van der Waals surface area contributed by atoms with Gasteiger partial charge in [0.05, 0.1) is 28.4 Å². The highest BCUT2D eigenvalue weighted by Crippen LogP contribution is 2.37. The summed E-state index contributed by atoms with van der Waals surface area (Å²) in [5.41, 5.74) is 1.25. The number of sulfone groups is 1. The fraction of sp³-hybridized carbons (Fsp3) is 0.172. The summed E-state index contributed by atoms with van der Waals surface area (Å²) in [5.74, 6) is 3.93. The van der Waals surface area contributed by atoms with Crippen LogP contribution in [0.2, 0.25) is 0 Å². The molecule has 0 bridgehead atoms. The van der Waals surface area contributed by atoms with E-state index in [1.807, 2.05) is 0 Å². The van der Waals surface area contributed by atoms with Gasteiger partial charge in [0, 0.05) is 31.2 Å². The Balaban J connectivity index is 0.00000600. The number of aryl methyl sites for hydroxylation is 1. The molecule has 4 aromatic rings. The number of imidazole rings is 1. The standard InChI is InChI=1S/C29H24F7N5O4S.H2/c1-15-39-26(29(34,35)36)13-40(15)22-7-6-16(18-9-21(30)20(14-42)25(11-18)46(2,44)45)10-23(22)41(38)24(12-37)27(43)17-4-3-5-19(8-17)28(31,32)33;/h3-13,42H,14,37-38H2,1-2H3;1H/b24-12-;. The maximum atomic E-state index is 15.0. The Hall–Kier alpha value is -4.74. The van der Waals surface area contributed by atoms with E-state index in [1.54, 1.807) is 0 Å². The maximum Gasteiger partial charge on any atom is 0.434 e. The van der Waals surface area contributed by atoms with E-state index < -0.39 is 73.4 Å². The van der Waals surface area contributed by atoms with E-state index in [4.69, 9.17) is 11.6 Å². The van der Waals surface area contributed by atoms with Gasteiger partial charge in [-0.15, -0.1) is 0 Å². The van der Waals surface area contributed by atoms with Gasteiger partial charge in [-0.3, -0.25) is 9.80 Å². The topological polar surface area (TPSA) is 145 Å². The fourth-order valence-electron chi connectivity index (χ4n) is 4.59. The minimum absolute atomic E-state index is 0. The number of ketones is 1. The molecule has 1 heterocycles. The number of hydrogen-bond acceptors (Lipinski definition) is 8. The predicted molar refractivity (Wildman–Crippen MR) is 155 cm³/mol. The molecule has 5 N–H and O–H groups in total. The van der Waals surface area contributed by atoms with Crippen molar-refractivity contribution in [3.8, 4) is 16.8 Å². The number of aromatic nitrogens is 2. The summed E-state index contributed by atoms with van der Waals surface area (Å²) in [6.07, 6.45) is -7.54. The molecular formula is C29H26F7N5O4S. The van der Waals surface area contributed by atoms with E-state index in [9.17, 15) is 49.1 Å². The molecule has 9 nitrogen and oxygen atoms in total. The van der Waals surface area contributed by atoms with E-state index >= 15 is 0 Å². The van der Waals surface area contributed by atoms with Crippen molar-refractivity contribution in [1.29, 1.82) is 0 Å². The van der Waals surface area contributed by atoms with Crippen molar-refractivity contribution in [2.24, 2.45) is 11.6 Å². The van der Waals surface area contributed by atoms with Crippen LogP contribution in [-0.2, 0) is 28.8 Å². The van der Waals surface area contributed by atoms with Gasteiger partial charge in [-0.05, 0) is 54.4 Å². The van der Waals surface area contributed by atoms with Gasteiger partial charge in [0.2, 0.25) is 5.78 Å². The van der Waals surface area contributed by atoms with Gasteiger partial charge < -0.3 is 15.4 Å². The number of aliphatic hydroxyl groups is 1. The van der Waals surface area contributed by atoms with Gasteiger partial charge in [0.15, 0.2) is 15.5 Å². The normalized spacial score (nSPS) is 12.8. The number of alkyl halides is 6. The number of rotatable bonds is 8. The highest BCUT2D eigenvalue weighted by Gasteiger charge is 2.35. The van der Waals surface area contributed by atoms with E-state index in [1.165, 1.54) is 25.1 Å². The van der Waals surface area contributed by atoms with Crippen LogP contribution in [0.5, 0.6) is 0 Å². The highest BCUT2D eigenvalue weighted by molar-refractivity contribution is 7.90. The summed E-state index contributed by atoms with van der Waals surface area (Å²) in [7, 11) is -4.07. The Morgan fingerprint density at radius 2 is 1.72 bits per heavy atom. The molecule has 0 unspecified atom stereocenters. The second kappa shape index (κ2) is 12.2. The predicted octanol–water partition coefficient (Wildman–Crippen LogP) is 5.53. The second-order valence-electron chi connectivity index (χ2n) is 9.94. The Morgan fingerprint density at radius 3 is 2.26 bits per heavy atom. The molecule has 17 heteroatoms. The van der Waals surface area contributed by atoms with E-state index in [0.29, 0.717) is 23.5 Å². The molecule has 0 atom stereocenters. The number of anilines is 1. The first-order valence-electron chi connectivity index (χ1n) is 12.9. The number of allylic oxidation sites excluding steroid dienone is 1. The SMILES string of the molecule is Cc1nc(C(F)(F)F)cn1-c1ccc(-c2cc(F)c(CO)c(S(C)(=O)=O)c2)cc1N(N)/C(=C\N)C(=O)c1cccc(C(F)(F)F)c1.[HH]. The van der Waals surface area contributed by atoms with Crippen LogP contribution < -0.4 is 16.6 Å². The molecule has 0 fully saturated rings. The average Bonchev–Trinajstić information content (AvgIpc) is 3.37. The van der Waals surface area contributed by atoms with Crippen molar-refractivity contribution in [2.75, 3.05) is 11.3 Å². The van der Waals surface area contributed by atoms with Crippen LogP contribution in [0.1, 0.15) is 34.4 Å². The van der Waals surface area contributed by atoms with Crippen molar-refractivity contribution in [3.05, 3.63) is 107 Å². The first kappa shape index (κ1) is 34.1. The summed E-state index contributed by atoms with van der Waals surface area (Å²) in [6, 6.07) is 8.98. The zero-order chi connectivity index (χ0) is 34.4. The highest BCUT2D eigenvalue weighted by atomic mass is 32.2. The van der Waals surface area contributed by atoms with Crippen molar-refractivity contribution in [1.82, 2.24) is 9.55 Å². The van der Waals surface area contributed by atoms with Crippen LogP contribution in [-0.4, -0.2) is 35.1 Å². The number of carbonyl (C=O) groups excluding carboxylic acids is 1. The molecule has 0 radical (unpaired) electrons. The largest absolute Gasteiger partial charge is 0.434 e. The van der Waals surface area contributed by atoms with Crippen molar-refractivity contribution in [3.63, 3.8) is 0 Å². The molecule has 3 aromatic carbocycles. The first-order valence-corrected chi connectivity index (χ1v) is 14.8. The lowest BCUT2D eigenvalue weighted by Crippen LogP contribution is -2.35. The second-order valence-corrected chi connectivity index (χ2v) is 11.9. The zero-order valence-corrected chi connectivity index (χ0v) is 24.6. The van der Waals surface area contributed by atoms with Crippen molar-refractivity contribution >= 4 is 21.3 Å². The van der Waals surface area contributed by atoms with Crippen LogP contribution >= 0.6 is 0 Å². The monoisotopic (exact) mass is 673 g/mol. The van der Waals surface area contributed by atoms with Gasteiger partial charge in [-0.25, -0.2) is 23.6 Å². The number of hydrogen-bond donors (Lipinski definition) is 3. The van der Waals surface area contributed by atoms with Gasteiger partial charge in [0.25, 0.3) is 0 Å². The third-order valence-electron chi connectivity index (χ3n) is 6.81. The van der Waals surface area contributed by atoms with E-state index in [2.05, 4.69) is 4.98 Å². The molecule has 4 rings (SSSR count). The van der Waals surface area contributed by atoms with Crippen LogP contribution in [0.25, 0.3) is 16.8 Å². The minimum atomic E-state index is -4.85. The van der Waals surface area contributed by atoms with Crippen LogP contribution in [0.15, 0.2) is 77.6 Å². The number of halogens is 7. The Labute approximate surface area is 258 Å². The maximum absolute atomic E-state index is 15.0. The van der Waals surface area contributed by atoms with E-state index in [-0.39, 0.29) is 29.8 Å². The molecule has 0 amide bonds. The van der Waals surface area contributed by atoms with Crippen molar-refractivity contribution < 1.29 is 50.5 Å². The number of nitrogens with two attached hydrogens (primary N) is 2. The summed E-state index contributed by atoms with van der Waals surface area (Å²) in [5, 5.41) is 10.2. The minimum Gasteiger partial charge on any atom is -0.403 e. The molecule has 246 valence electrons. The van der Waals surface area contributed by atoms with Crippen molar-refractivity contribution in [2.45, 2.75) is 30.8 Å². The first-order chi connectivity index (χ1) is 21.3. The molecule has 0 aliphatic rings. The average molecular weight is 674 g/mol. The van der Waals surface area contributed by atoms with Gasteiger partial charge in [0.1, 0.15) is 17.3 Å². The molecule has 46 heavy (non-hydrogen) atoms. The summed E-state index contributed by atoms with van der Waals surface area (Å²) in [4.78, 5) is 16.4. The Morgan fingerprint density at radius 1 is 1.04 bits per heavy atom. The lowest BCUT2D eigenvalue weighted by atomic mass is 10.0. The molecular weight excluding hydrogens is 647 g/mol. The van der Waals surface area contributed by atoms with Gasteiger partial charge in [-0.2, -0.15) is 26.3 Å². The third kappa shape index (κ3) is 6.75. The number of aliphatic hydroxyl groups excluding tert-OH is 1. The number of carbonyl (C=O) groups is 1.